The van der Waals surface area contributed by atoms with E-state index in [4.69, 9.17) is 9.47 Å². The van der Waals surface area contributed by atoms with Crippen molar-refractivity contribution >= 4 is 18.0 Å². The van der Waals surface area contributed by atoms with E-state index < -0.39 is 41.6 Å². The monoisotopic (exact) mass is 480 g/mol. The number of hydrogen-bond acceptors (Lipinski definition) is 5. The number of amides is 2. The molecule has 1 heterocycles. The molecular weight excluding hydrogens is 448 g/mol. The van der Waals surface area contributed by atoms with E-state index in [1.54, 1.807) is 0 Å². The molecule has 0 aromatic heterocycles. The van der Waals surface area contributed by atoms with Crippen LogP contribution in [0.5, 0.6) is 0 Å². The number of aliphatic carboxylic acids is 1. The Morgan fingerprint density at radius 3 is 2.23 bits per heavy atom. The van der Waals surface area contributed by atoms with E-state index in [0.717, 1.165) is 22.3 Å². The number of carbonyl (C=O) groups excluding carboxylic acids is 2. The van der Waals surface area contributed by atoms with Gasteiger partial charge in [0.1, 0.15) is 6.61 Å². The molecule has 1 aliphatic heterocycles. The predicted molar refractivity (Wildman–Crippen MR) is 130 cm³/mol. The van der Waals surface area contributed by atoms with Gasteiger partial charge in [0.2, 0.25) is 0 Å². The van der Waals surface area contributed by atoms with Crippen LogP contribution in [0.2, 0.25) is 0 Å². The third-order valence-electron chi connectivity index (χ3n) is 6.74. The number of rotatable bonds is 7. The lowest BCUT2D eigenvalue weighted by Gasteiger charge is -2.32. The maximum atomic E-state index is 12.9. The number of alkyl carbamates (subject to hydrolysis) is 1. The zero-order chi connectivity index (χ0) is 25.2. The van der Waals surface area contributed by atoms with Crippen molar-refractivity contribution in [3.8, 4) is 11.1 Å². The van der Waals surface area contributed by atoms with Crippen molar-refractivity contribution in [3.63, 3.8) is 0 Å². The summed E-state index contributed by atoms with van der Waals surface area (Å²) in [5.74, 6) is -1.49. The summed E-state index contributed by atoms with van der Waals surface area (Å²) in [4.78, 5) is 36.8. The van der Waals surface area contributed by atoms with E-state index in [0.29, 0.717) is 13.0 Å². The predicted octanol–water partition coefficient (Wildman–Crippen LogP) is 3.69. The third-order valence-corrected chi connectivity index (χ3v) is 6.74. The molecule has 1 aliphatic carbocycles. The molecule has 0 saturated carbocycles. The van der Waals surface area contributed by atoms with Gasteiger partial charge in [0.15, 0.2) is 6.10 Å². The molecule has 1 saturated heterocycles. The Morgan fingerprint density at radius 2 is 1.66 bits per heavy atom. The van der Waals surface area contributed by atoms with Crippen LogP contribution in [0.4, 0.5) is 4.79 Å². The SMILES string of the molecule is CC(C)(C)C(CC(=O)O)NC(=O)C1OCCC1NC(=O)OCC1c2ccccc2-c2ccccc21. The van der Waals surface area contributed by atoms with Gasteiger partial charge in [-0.15, -0.1) is 0 Å². The molecular formula is C27H32N2O6. The molecule has 4 rings (SSSR count). The second kappa shape index (κ2) is 10.1. The van der Waals surface area contributed by atoms with E-state index in [2.05, 4.69) is 34.9 Å². The number of ether oxygens (including phenoxy) is 2. The fourth-order valence-corrected chi connectivity index (χ4v) is 4.79. The third kappa shape index (κ3) is 5.48. The molecule has 186 valence electrons. The number of carboxylic acid groups (broad SMARTS) is 1. The number of benzene rings is 2. The quantitative estimate of drug-likeness (QED) is 0.557. The summed E-state index contributed by atoms with van der Waals surface area (Å²) in [5.41, 5.74) is 4.08. The van der Waals surface area contributed by atoms with Crippen LogP contribution in [0.1, 0.15) is 50.7 Å². The Balaban J connectivity index is 1.37. The van der Waals surface area contributed by atoms with Crippen molar-refractivity contribution in [2.24, 2.45) is 5.41 Å². The maximum Gasteiger partial charge on any atom is 0.407 e. The van der Waals surface area contributed by atoms with Crippen molar-refractivity contribution in [2.75, 3.05) is 13.2 Å². The number of fused-ring (bicyclic) bond motifs is 3. The van der Waals surface area contributed by atoms with Crippen LogP contribution >= 0.6 is 0 Å². The first kappa shape index (κ1) is 24.7. The molecule has 3 unspecified atom stereocenters. The second-order valence-corrected chi connectivity index (χ2v) is 10.2. The molecule has 2 amide bonds. The lowest BCUT2D eigenvalue weighted by atomic mass is 9.84. The number of carboxylic acids is 1. The average Bonchev–Trinajstić information content (AvgIpc) is 3.39. The van der Waals surface area contributed by atoms with Crippen molar-refractivity contribution in [2.45, 2.75) is 57.7 Å². The van der Waals surface area contributed by atoms with Gasteiger partial charge < -0.3 is 25.2 Å². The van der Waals surface area contributed by atoms with E-state index in [9.17, 15) is 19.5 Å². The summed E-state index contributed by atoms with van der Waals surface area (Å²) in [6, 6.07) is 15.1. The maximum absolute atomic E-state index is 12.9. The normalized spacial score (nSPS) is 20.0. The smallest absolute Gasteiger partial charge is 0.407 e. The minimum atomic E-state index is -0.995. The van der Waals surface area contributed by atoms with Crippen LogP contribution in [-0.4, -0.2) is 54.5 Å². The molecule has 2 aromatic rings. The molecule has 3 N–H and O–H groups in total. The zero-order valence-electron chi connectivity index (χ0n) is 20.2. The Morgan fingerprint density at radius 1 is 1.06 bits per heavy atom. The molecule has 3 atom stereocenters. The molecule has 0 bridgehead atoms. The lowest BCUT2D eigenvalue weighted by Crippen LogP contribution is -2.53. The van der Waals surface area contributed by atoms with Gasteiger partial charge in [-0.25, -0.2) is 4.79 Å². The first-order valence-electron chi connectivity index (χ1n) is 11.9. The van der Waals surface area contributed by atoms with Crippen LogP contribution in [-0.2, 0) is 19.1 Å². The zero-order valence-corrected chi connectivity index (χ0v) is 20.2. The van der Waals surface area contributed by atoms with E-state index in [1.165, 1.54) is 0 Å². The minimum absolute atomic E-state index is 0.0596. The molecule has 1 fully saturated rings. The van der Waals surface area contributed by atoms with Crippen LogP contribution in [0, 0.1) is 5.41 Å². The highest BCUT2D eigenvalue weighted by atomic mass is 16.6. The van der Waals surface area contributed by atoms with Crippen LogP contribution < -0.4 is 10.6 Å². The van der Waals surface area contributed by atoms with Crippen LogP contribution in [0.3, 0.4) is 0 Å². The second-order valence-electron chi connectivity index (χ2n) is 10.2. The van der Waals surface area contributed by atoms with E-state index in [1.807, 2.05) is 45.0 Å². The van der Waals surface area contributed by atoms with Gasteiger partial charge in [-0.05, 0) is 34.1 Å². The Bertz CT molecular complexity index is 1060. The highest BCUT2D eigenvalue weighted by Crippen LogP contribution is 2.44. The average molecular weight is 481 g/mol. The van der Waals surface area contributed by atoms with Crippen LogP contribution in [0.15, 0.2) is 48.5 Å². The van der Waals surface area contributed by atoms with Crippen molar-refractivity contribution in [1.29, 1.82) is 0 Å². The van der Waals surface area contributed by atoms with Crippen molar-refractivity contribution in [3.05, 3.63) is 59.7 Å². The number of hydrogen-bond donors (Lipinski definition) is 3. The van der Waals surface area contributed by atoms with Crippen molar-refractivity contribution in [1.82, 2.24) is 10.6 Å². The first-order valence-corrected chi connectivity index (χ1v) is 11.9. The van der Waals surface area contributed by atoms with Gasteiger partial charge in [-0.2, -0.15) is 0 Å². The topological polar surface area (TPSA) is 114 Å². The van der Waals surface area contributed by atoms with Gasteiger partial charge in [0, 0.05) is 18.6 Å². The lowest BCUT2D eigenvalue weighted by molar-refractivity contribution is -0.139. The summed E-state index contributed by atoms with van der Waals surface area (Å²) in [6.45, 7) is 6.08. The van der Waals surface area contributed by atoms with Gasteiger partial charge in [0.05, 0.1) is 12.5 Å². The van der Waals surface area contributed by atoms with Gasteiger partial charge >= 0.3 is 12.1 Å². The fourth-order valence-electron chi connectivity index (χ4n) is 4.79. The Kier molecular flexibility index (Phi) is 7.12. The standard InChI is InChI=1S/C27H32N2O6/c1-27(2,3)22(14-23(30)31)29-25(32)24-21(12-13-34-24)28-26(33)35-15-20-18-10-6-4-8-16(18)17-9-5-7-11-19(17)20/h4-11,20-22,24H,12-15H2,1-3H3,(H,28,33)(H,29,32)(H,30,31). The van der Waals surface area contributed by atoms with Crippen LogP contribution in [0.25, 0.3) is 11.1 Å². The van der Waals surface area contributed by atoms with E-state index in [-0.39, 0.29) is 18.9 Å². The molecule has 0 radical (unpaired) electrons. The minimum Gasteiger partial charge on any atom is -0.481 e. The van der Waals surface area contributed by atoms with Gasteiger partial charge in [0.25, 0.3) is 5.91 Å². The molecule has 2 aliphatic rings. The first-order chi connectivity index (χ1) is 16.6. The Hall–Kier alpha value is -3.39. The van der Waals surface area contributed by atoms with Gasteiger partial charge in [-0.3, -0.25) is 9.59 Å². The van der Waals surface area contributed by atoms with E-state index >= 15 is 0 Å². The molecule has 8 nitrogen and oxygen atoms in total. The fraction of sp³-hybridized carbons (Fsp3) is 0.444. The Labute approximate surface area is 205 Å². The highest BCUT2D eigenvalue weighted by Gasteiger charge is 2.39. The van der Waals surface area contributed by atoms with Crippen molar-refractivity contribution < 1.29 is 29.0 Å². The summed E-state index contributed by atoms with van der Waals surface area (Å²) in [7, 11) is 0. The molecule has 2 aromatic carbocycles. The summed E-state index contributed by atoms with van der Waals surface area (Å²) < 4.78 is 11.2. The number of nitrogens with one attached hydrogen (secondary N) is 2. The summed E-state index contributed by atoms with van der Waals surface area (Å²) in [6.07, 6.45) is -1.26. The largest absolute Gasteiger partial charge is 0.481 e. The molecule has 35 heavy (non-hydrogen) atoms. The highest BCUT2D eigenvalue weighted by molar-refractivity contribution is 5.84. The summed E-state index contributed by atoms with van der Waals surface area (Å²) >= 11 is 0. The van der Waals surface area contributed by atoms with Gasteiger partial charge in [-0.1, -0.05) is 69.3 Å². The number of carbonyl (C=O) groups is 3. The molecule has 8 heteroatoms. The molecule has 0 spiro atoms. The summed E-state index contributed by atoms with van der Waals surface area (Å²) in [5, 5.41) is 14.8.